The zero-order chi connectivity index (χ0) is 14.8. The third-order valence-electron chi connectivity index (χ3n) is 6.12. The van der Waals surface area contributed by atoms with Crippen LogP contribution in [0.25, 0.3) is 0 Å². The summed E-state index contributed by atoms with van der Waals surface area (Å²) in [5.74, 6) is 1.86. The molecule has 3 heteroatoms. The van der Waals surface area contributed by atoms with Gasteiger partial charge in [-0.25, -0.2) is 0 Å². The summed E-state index contributed by atoms with van der Waals surface area (Å²) in [5.41, 5.74) is 3.75. The van der Waals surface area contributed by atoms with Gasteiger partial charge >= 0.3 is 5.97 Å². The Morgan fingerprint density at radius 3 is 2.95 bits per heavy atom. The molecular weight excluding hydrogens is 264 g/mol. The molecule has 4 aliphatic rings. The molecule has 2 saturated heterocycles. The van der Waals surface area contributed by atoms with Crippen molar-refractivity contribution >= 4 is 5.97 Å². The van der Waals surface area contributed by atoms with Gasteiger partial charge in [0.05, 0.1) is 12.5 Å². The Morgan fingerprint density at radius 1 is 1.38 bits per heavy atom. The van der Waals surface area contributed by atoms with Crippen molar-refractivity contribution in [1.82, 2.24) is 0 Å². The summed E-state index contributed by atoms with van der Waals surface area (Å²) in [5, 5.41) is 0. The van der Waals surface area contributed by atoms with Crippen LogP contribution >= 0.6 is 0 Å². The van der Waals surface area contributed by atoms with Crippen LogP contribution in [0.15, 0.2) is 12.1 Å². The van der Waals surface area contributed by atoms with E-state index in [0.717, 1.165) is 31.4 Å². The summed E-state index contributed by atoms with van der Waals surface area (Å²) in [4.78, 5) is 12.5. The fourth-order valence-electron chi connectivity index (χ4n) is 4.97. The molecule has 0 aromatic heterocycles. The second-order valence-corrected chi connectivity index (χ2v) is 7.03. The molecule has 0 radical (unpaired) electrons. The molecule has 3 fully saturated rings. The van der Waals surface area contributed by atoms with Gasteiger partial charge in [0.15, 0.2) is 0 Å². The van der Waals surface area contributed by atoms with E-state index in [0.29, 0.717) is 11.8 Å². The van der Waals surface area contributed by atoms with Crippen LogP contribution in [-0.2, 0) is 16.0 Å². The maximum atomic E-state index is 12.5. The first-order valence-electron chi connectivity index (χ1n) is 7.94. The average Bonchev–Trinajstić information content (AvgIpc) is 2.47. The summed E-state index contributed by atoms with van der Waals surface area (Å²) in [6.07, 6.45) is 3.98. The topological polar surface area (TPSA) is 35.5 Å². The SMILES string of the molecule is COc1ccc2c(c1C)CCC13CC(C)C(CC21)OC3=O. The van der Waals surface area contributed by atoms with Crippen molar-refractivity contribution in [2.24, 2.45) is 11.3 Å². The highest BCUT2D eigenvalue weighted by atomic mass is 16.5. The molecule has 4 unspecified atom stereocenters. The lowest BCUT2D eigenvalue weighted by Crippen LogP contribution is -2.56. The lowest BCUT2D eigenvalue weighted by Gasteiger charge is -2.55. The minimum Gasteiger partial charge on any atom is -0.496 e. The molecule has 2 heterocycles. The van der Waals surface area contributed by atoms with Crippen LogP contribution in [0.1, 0.15) is 48.8 Å². The van der Waals surface area contributed by atoms with Gasteiger partial charge in [-0.15, -0.1) is 0 Å². The van der Waals surface area contributed by atoms with E-state index in [1.165, 1.54) is 16.7 Å². The van der Waals surface area contributed by atoms with Crippen LogP contribution in [0, 0.1) is 18.3 Å². The number of hydrogen-bond acceptors (Lipinski definition) is 3. The second kappa shape index (κ2) is 4.25. The Balaban J connectivity index is 1.84. The highest BCUT2D eigenvalue weighted by Crippen LogP contribution is 2.60. The number of hydrogen-bond donors (Lipinski definition) is 0. The molecule has 2 bridgehead atoms. The molecule has 1 spiro atoms. The maximum Gasteiger partial charge on any atom is 0.313 e. The molecule has 0 N–H and O–H groups in total. The number of carbonyl (C=O) groups is 1. The predicted molar refractivity (Wildman–Crippen MR) is 79.5 cm³/mol. The summed E-state index contributed by atoms with van der Waals surface area (Å²) in [6, 6.07) is 4.25. The standard InChI is InChI=1S/C18H22O3/c1-10-9-18-7-6-12-11(2)15(20-3)5-4-13(12)14(18)8-16(10)21-17(18)19/h4-5,10,14,16H,6-9H2,1-3H3. The molecule has 21 heavy (non-hydrogen) atoms. The number of carbonyl (C=O) groups excluding carboxylic acids is 1. The number of rotatable bonds is 1. The van der Waals surface area contributed by atoms with Crippen LogP contribution in [0.5, 0.6) is 5.75 Å². The number of methoxy groups -OCH3 is 1. The monoisotopic (exact) mass is 286 g/mol. The quantitative estimate of drug-likeness (QED) is 0.742. The first kappa shape index (κ1) is 13.2. The minimum atomic E-state index is -0.262. The van der Waals surface area contributed by atoms with E-state index in [2.05, 4.69) is 26.0 Å². The molecule has 1 aromatic rings. The molecule has 3 nitrogen and oxygen atoms in total. The minimum absolute atomic E-state index is 0.0565. The Hall–Kier alpha value is -1.51. The van der Waals surface area contributed by atoms with Crippen molar-refractivity contribution in [3.63, 3.8) is 0 Å². The summed E-state index contributed by atoms with van der Waals surface area (Å²) in [7, 11) is 1.72. The van der Waals surface area contributed by atoms with E-state index < -0.39 is 0 Å². The van der Waals surface area contributed by atoms with Gasteiger partial charge in [0.1, 0.15) is 11.9 Å². The Morgan fingerprint density at radius 2 is 2.19 bits per heavy atom. The van der Waals surface area contributed by atoms with E-state index in [1.807, 2.05) is 0 Å². The van der Waals surface area contributed by atoms with Crippen LogP contribution in [0.3, 0.4) is 0 Å². The number of ether oxygens (including phenoxy) is 2. The highest BCUT2D eigenvalue weighted by Gasteiger charge is 2.60. The third kappa shape index (κ3) is 1.58. The van der Waals surface area contributed by atoms with E-state index >= 15 is 0 Å². The first-order valence-corrected chi connectivity index (χ1v) is 7.94. The average molecular weight is 286 g/mol. The lowest BCUT2D eigenvalue weighted by molar-refractivity contribution is -0.196. The molecule has 112 valence electrons. The Labute approximate surface area is 125 Å². The number of benzene rings is 1. The van der Waals surface area contributed by atoms with Crippen LogP contribution in [0.4, 0.5) is 0 Å². The molecule has 5 rings (SSSR count). The maximum absolute atomic E-state index is 12.5. The van der Waals surface area contributed by atoms with Crippen LogP contribution < -0.4 is 4.74 Å². The normalized spacial score (nSPS) is 36.7. The van der Waals surface area contributed by atoms with Gasteiger partial charge in [0.25, 0.3) is 0 Å². The van der Waals surface area contributed by atoms with Gasteiger partial charge < -0.3 is 9.47 Å². The number of fused-ring (bicyclic) bond motifs is 3. The molecular formula is C18H22O3. The van der Waals surface area contributed by atoms with Gasteiger partial charge in [-0.1, -0.05) is 13.0 Å². The van der Waals surface area contributed by atoms with Gasteiger partial charge in [-0.3, -0.25) is 4.79 Å². The second-order valence-electron chi connectivity index (χ2n) is 7.03. The van der Waals surface area contributed by atoms with Crippen molar-refractivity contribution in [3.8, 4) is 5.75 Å². The largest absolute Gasteiger partial charge is 0.496 e. The van der Waals surface area contributed by atoms with Gasteiger partial charge in [0, 0.05) is 5.92 Å². The third-order valence-corrected chi connectivity index (χ3v) is 6.12. The summed E-state index contributed by atoms with van der Waals surface area (Å²) >= 11 is 0. The zero-order valence-corrected chi connectivity index (χ0v) is 12.9. The van der Waals surface area contributed by atoms with Crippen molar-refractivity contribution in [3.05, 3.63) is 28.8 Å². The Kier molecular flexibility index (Phi) is 2.66. The number of esters is 1. The van der Waals surface area contributed by atoms with E-state index in [9.17, 15) is 4.79 Å². The molecule has 4 atom stereocenters. The van der Waals surface area contributed by atoms with Crippen molar-refractivity contribution < 1.29 is 14.3 Å². The van der Waals surface area contributed by atoms with Crippen molar-refractivity contribution in [2.45, 2.75) is 51.6 Å². The molecule has 0 amide bonds. The molecule has 2 aliphatic carbocycles. The van der Waals surface area contributed by atoms with Gasteiger partial charge in [0.2, 0.25) is 0 Å². The van der Waals surface area contributed by atoms with Gasteiger partial charge in [-0.05, 0) is 61.3 Å². The first-order chi connectivity index (χ1) is 10.1. The zero-order valence-electron chi connectivity index (χ0n) is 12.9. The lowest BCUT2D eigenvalue weighted by atomic mass is 9.53. The molecule has 2 aliphatic heterocycles. The highest BCUT2D eigenvalue weighted by molar-refractivity contribution is 5.81. The van der Waals surface area contributed by atoms with E-state index in [-0.39, 0.29) is 17.5 Å². The van der Waals surface area contributed by atoms with Crippen molar-refractivity contribution in [2.75, 3.05) is 7.11 Å². The molecule has 1 aromatic carbocycles. The van der Waals surface area contributed by atoms with E-state index in [4.69, 9.17) is 9.47 Å². The van der Waals surface area contributed by atoms with Gasteiger partial charge in [-0.2, -0.15) is 0 Å². The fourth-order valence-corrected chi connectivity index (χ4v) is 4.97. The van der Waals surface area contributed by atoms with Crippen LogP contribution in [0.2, 0.25) is 0 Å². The van der Waals surface area contributed by atoms with Crippen molar-refractivity contribution in [1.29, 1.82) is 0 Å². The summed E-state index contributed by atoms with van der Waals surface area (Å²) < 4.78 is 11.1. The van der Waals surface area contributed by atoms with E-state index in [1.54, 1.807) is 7.11 Å². The summed E-state index contributed by atoms with van der Waals surface area (Å²) in [6.45, 7) is 4.36. The van der Waals surface area contributed by atoms with Crippen LogP contribution in [-0.4, -0.2) is 19.2 Å². The predicted octanol–water partition coefficient (Wildman–Crippen LogP) is 3.38. The fraction of sp³-hybridized carbons (Fsp3) is 0.611. The smallest absolute Gasteiger partial charge is 0.313 e. The Bertz CT molecular complexity index is 621. The molecule has 1 saturated carbocycles.